The quantitative estimate of drug-likeness (QED) is 0.745. The van der Waals surface area contributed by atoms with Crippen molar-refractivity contribution in [1.29, 1.82) is 0 Å². The molecule has 1 aromatic rings. The number of anilines is 2. The van der Waals surface area contributed by atoms with Gasteiger partial charge >= 0.3 is 0 Å². The first-order chi connectivity index (χ1) is 7.68. The van der Waals surface area contributed by atoms with E-state index >= 15 is 0 Å². The molecule has 18 heavy (non-hydrogen) atoms. The Bertz CT molecular complexity index is 397. The third kappa shape index (κ3) is 3.77. The molecule has 2 rings (SSSR count). The minimum absolute atomic E-state index is 0. The summed E-state index contributed by atoms with van der Waals surface area (Å²) in [6.45, 7) is 3.82. The molecule has 0 spiro atoms. The van der Waals surface area contributed by atoms with Gasteiger partial charge < -0.3 is 16.4 Å². The molecule has 0 radical (unpaired) electrons. The zero-order valence-corrected chi connectivity index (χ0v) is 11.8. The summed E-state index contributed by atoms with van der Waals surface area (Å²) in [5.74, 6) is 0.523. The second-order valence-electron chi connectivity index (χ2n) is 4.28. The first-order valence-corrected chi connectivity index (χ1v) is 5.54. The van der Waals surface area contributed by atoms with Crippen LogP contribution in [0.25, 0.3) is 0 Å². The molecule has 1 aliphatic rings. The molecule has 1 aliphatic heterocycles. The minimum Gasteiger partial charge on any atom is -0.397 e. The van der Waals surface area contributed by atoms with Crippen LogP contribution in [0, 0.1) is 11.8 Å². The van der Waals surface area contributed by atoms with E-state index in [0.29, 0.717) is 17.3 Å². The van der Waals surface area contributed by atoms with E-state index in [1.807, 2.05) is 25.1 Å². The normalized spacial score (nSPS) is 15.6. The summed E-state index contributed by atoms with van der Waals surface area (Å²) in [5.41, 5.74) is 7.07. The third-order valence-corrected chi connectivity index (χ3v) is 3.15. The van der Waals surface area contributed by atoms with Crippen LogP contribution in [-0.4, -0.2) is 19.0 Å². The van der Waals surface area contributed by atoms with Gasteiger partial charge in [0.25, 0.3) is 0 Å². The van der Waals surface area contributed by atoms with Gasteiger partial charge in [0.05, 0.1) is 11.4 Å². The molecule has 0 saturated carbocycles. The van der Waals surface area contributed by atoms with E-state index in [1.54, 1.807) is 6.07 Å². The number of nitrogens with one attached hydrogen (secondary N) is 2. The van der Waals surface area contributed by atoms with Crippen LogP contribution >= 0.6 is 24.8 Å². The van der Waals surface area contributed by atoms with Crippen molar-refractivity contribution in [2.75, 3.05) is 24.1 Å². The highest BCUT2D eigenvalue weighted by Crippen LogP contribution is 2.21. The Balaban J connectivity index is 0.00000144. The lowest BCUT2D eigenvalue weighted by molar-refractivity contribution is -0.121. The van der Waals surface area contributed by atoms with Crippen molar-refractivity contribution in [2.24, 2.45) is 11.8 Å². The monoisotopic (exact) mass is 291 g/mol. The first kappa shape index (κ1) is 17.0. The van der Waals surface area contributed by atoms with Crippen molar-refractivity contribution < 1.29 is 4.79 Å². The molecule has 1 atom stereocenters. The van der Waals surface area contributed by atoms with E-state index in [4.69, 9.17) is 5.73 Å². The molecule has 102 valence electrons. The van der Waals surface area contributed by atoms with Gasteiger partial charge in [-0.15, -0.1) is 24.8 Å². The Morgan fingerprint density at radius 2 is 2.00 bits per heavy atom. The molecule has 4 nitrogen and oxygen atoms in total. The van der Waals surface area contributed by atoms with Gasteiger partial charge in [0.15, 0.2) is 0 Å². The van der Waals surface area contributed by atoms with Crippen LogP contribution in [-0.2, 0) is 4.79 Å². The lowest BCUT2D eigenvalue weighted by atomic mass is 9.88. The number of halogens is 2. The van der Waals surface area contributed by atoms with Gasteiger partial charge in [-0.25, -0.2) is 0 Å². The van der Waals surface area contributed by atoms with Crippen LogP contribution in [0.1, 0.15) is 6.92 Å². The standard InChI is InChI=1S/C12H17N3O.2ClH/c1-8(9-6-14-7-9)12(16)15-11-5-3-2-4-10(11)13;;/h2-5,8-9,14H,6-7,13H2,1H3,(H,15,16);2*1H. The molecule has 1 saturated heterocycles. The van der Waals surface area contributed by atoms with Crippen molar-refractivity contribution in [1.82, 2.24) is 5.32 Å². The molecule has 0 bridgehead atoms. The number of para-hydroxylation sites is 2. The van der Waals surface area contributed by atoms with Gasteiger partial charge in [0.1, 0.15) is 0 Å². The molecule has 1 amide bonds. The molecule has 4 N–H and O–H groups in total. The number of amides is 1. The summed E-state index contributed by atoms with van der Waals surface area (Å²) in [5, 5.41) is 6.03. The fourth-order valence-corrected chi connectivity index (χ4v) is 1.74. The van der Waals surface area contributed by atoms with E-state index < -0.39 is 0 Å². The number of rotatable bonds is 3. The lowest BCUT2D eigenvalue weighted by Crippen LogP contribution is -2.48. The van der Waals surface area contributed by atoms with Crippen LogP contribution in [0.2, 0.25) is 0 Å². The highest BCUT2D eigenvalue weighted by Gasteiger charge is 2.28. The summed E-state index contributed by atoms with van der Waals surface area (Å²) in [6, 6.07) is 7.32. The van der Waals surface area contributed by atoms with Gasteiger partial charge in [-0.3, -0.25) is 4.79 Å². The van der Waals surface area contributed by atoms with Crippen LogP contribution in [0.3, 0.4) is 0 Å². The summed E-state index contributed by atoms with van der Waals surface area (Å²) >= 11 is 0. The second kappa shape index (κ2) is 7.46. The van der Waals surface area contributed by atoms with E-state index in [0.717, 1.165) is 13.1 Å². The van der Waals surface area contributed by atoms with Crippen molar-refractivity contribution in [3.8, 4) is 0 Å². The fraction of sp³-hybridized carbons (Fsp3) is 0.417. The fourth-order valence-electron chi connectivity index (χ4n) is 1.74. The van der Waals surface area contributed by atoms with E-state index in [9.17, 15) is 4.79 Å². The van der Waals surface area contributed by atoms with Crippen molar-refractivity contribution >= 4 is 42.1 Å². The number of carbonyl (C=O) groups excluding carboxylic acids is 1. The molecule has 1 fully saturated rings. The predicted octanol–water partition coefficient (Wildman–Crippen LogP) is 1.91. The topological polar surface area (TPSA) is 67.2 Å². The first-order valence-electron chi connectivity index (χ1n) is 5.54. The van der Waals surface area contributed by atoms with Crippen LogP contribution in [0.5, 0.6) is 0 Å². The van der Waals surface area contributed by atoms with Crippen LogP contribution in [0.4, 0.5) is 11.4 Å². The van der Waals surface area contributed by atoms with E-state index in [2.05, 4.69) is 10.6 Å². The van der Waals surface area contributed by atoms with E-state index in [1.165, 1.54) is 0 Å². The molecule has 6 heteroatoms. The number of nitrogens with two attached hydrogens (primary N) is 1. The molecule has 0 aliphatic carbocycles. The lowest BCUT2D eigenvalue weighted by Gasteiger charge is -2.31. The zero-order valence-electron chi connectivity index (χ0n) is 10.2. The molecular weight excluding hydrogens is 273 g/mol. The Kier molecular flexibility index (Phi) is 7.06. The van der Waals surface area contributed by atoms with Crippen LogP contribution in [0.15, 0.2) is 24.3 Å². The number of hydrogen-bond donors (Lipinski definition) is 3. The summed E-state index contributed by atoms with van der Waals surface area (Å²) in [4.78, 5) is 11.9. The predicted molar refractivity (Wildman–Crippen MR) is 79.5 cm³/mol. The molecule has 1 aromatic carbocycles. The SMILES string of the molecule is CC(C(=O)Nc1ccccc1N)C1CNC1.Cl.Cl. The average Bonchev–Trinajstić information content (AvgIpc) is 2.18. The Labute approximate surface area is 120 Å². The third-order valence-electron chi connectivity index (χ3n) is 3.15. The van der Waals surface area contributed by atoms with Crippen molar-refractivity contribution in [3.05, 3.63) is 24.3 Å². The Hall–Kier alpha value is -0.970. The van der Waals surface area contributed by atoms with Crippen molar-refractivity contribution in [2.45, 2.75) is 6.92 Å². The maximum atomic E-state index is 11.9. The van der Waals surface area contributed by atoms with Crippen molar-refractivity contribution in [3.63, 3.8) is 0 Å². The average molecular weight is 292 g/mol. The summed E-state index contributed by atoms with van der Waals surface area (Å²) < 4.78 is 0. The largest absolute Gasteiger partial charge is 0.397 e. The Morgan fingerprint density at radius 3 is 2.50 bits per heavy atom. The summed E-state index contributed by atoms with van der Waals surface area (Å²) in [7, 11) is 0. The number of nitrogen functional groups attached to an aromatic ring is 1. The number of carbonyl (C=O) groups is 1. The van der Waals surface area contributed by atoms with Crippen LogP contribution < -0.4 is 16.4 Å². The molecular formula is C12H19Cl2N3O. The van der Waals surface area contributed by atoms with E-state index in [-0.39, 0.29) is 36.6 Å². The molecule has 1 heterocycles. The van der Waals surface area contributed by atoms with Gasteiger partial charge in [-0.2, -0.15) is 0 Å². The number of benzene rings is 1. The smallest absolute Gasteiger partial charge is 0.227 e. The van der Waals surface area contributed by atoms with Gasteiger partial charge in [-0.1, -0.05) is 19.1 Å². The molecule has 1 unspecified atom stereocenters. The highest BCUT2D eigenvalue weighted by atomic mass is 35.5. The maximum Gasteiger partial charge on any atom is 0.227 e. The second-order valence-corrected chi connectivity index (χ2v) is 4.28. The minimum atomic E-state index is 0. The number of hydrogen-bond acceptors (Lipinski definition) is 3. The highest BCUT2D eigenvalue weighted by molar-refractivity contribution is 5.95. The zero-order chi connectivity index (χ0) is 11.5. The van der Waals surface area contributed by atoms with Gasteiger partial charge in [-0.05, 0) is 31.1 Å². The molecule has 0 aromatic heterocycles. The maximum absolute atomic E-state index is 11.9. The summed E-state index contributed by atoms with van der Waals surface area (Å²) in [6.07, 6.45) is 0. The Morgan fingerprint density at radius 1 is 1.39 bits per heavy atom. The van der Waals surface area contributed by atoms with Gasteiger partial charge in [0.2, 0.25) is 5.91 Å². The van der Waals surface area contributed by atoms with Gasteiger partial charge in [0, 0.05) is 5.92 Å².